The summed E-state index contributed by atoms with van der Waals surface area (Å²) in [4.78, 5) is 24.9. The van der Waals surface area contributed by atoms with Crippen molar-refractivity contribution in [3.8, 4) is 0 Å². The van der Waals surface area contributed by atoms with Crippen molar-refractivity contribution in [2.45, 2.75) is 211 Å². The maximum absolute atomic E-state index is 13.9. The lowest BCUT2D eigenvalue weighted by atomic mass is 9.33. The minimum absolute atomic E-state index is 0.0549. The predicted molar refractivity (Wildman–Crippen MR) is 233 cm³/mol. The Balaban J connectivity index is 1.07. The molecular formula is C48H78O20. The number of carboxylic acids is 1. The van der Waals surface area contributed by atoms with Gasteiger partial charge in [0.25, 0.3) is 0 Å². The first-order valence-corrected chi connectivity index (χ1v) is 24.6. The maximum Gasteiger partial charge on any atom is 0.312 e. The molecule has 390 valence electrons. The number of aliphatic hydroxyl groups excluding tert-OH is 11. The molecule has 3 heterocycles. The summed E-state index contributed by atoms with van der Waals surface area (Å²) in [6.07, 6.45) is -17.6. The molecule has 3 aliphatic heterocycles. The second-order valence-corrected chi connectivity index (χ2v) is 23.6. The lowest BCUT2D eigenvalue weighted by Gasteiger charge is -2.72. The third-order valence-electron chi connectivity index (χ3n) is 19.4. The molecule has 24 atom stereocenters. The number of hydrogen-bond acceptors (Lipinski definition) is 19. The van der Waals surface area contributed by atoms with Gasteiger partial charge in [0.05, 0.1) is 32.0 Å². The Morgan fingerprint density at radius 2 is 1.15 bits per heavy atom. The molecule has 5 aliphatic carbocycles. The fourth-order valence-electron chi connectivity index (χ4n) is 15.1. The van der Waals surface area contributed by atoms with Crippen LogP contribution in [-0.4, -0.2) is 191 Å². The number of fused-ring (bicyclic) bond motifs is 7. The molecule has 20 heteroatoms. The molecule has 4 saturated carbocycles. The van der Waals surface area contributed by atoms with Gasteiger partial charge in [-0.15, -0.1) is 0 Å². The van der Waals surface area contributed by atoms with Crippen LogP contribution in [0, 0.1) is 50.2 Å². The number of rotatable bonds is 11. The Morgan fingerprint density at radius 3 is 1.74 bits per heavy atom. The standard InChI is InChI=1S/C48H78O20/c1-43(2)14-15-48(42(60)61)22(16-43)21-8-9-27-45(5)12-11-28(65-41-38(35(57)32(54)25(20-51)64-41)67-68-40-37(59)34(56)31(53)24(19-50)63-40)44(3,4)26(45)10-13-46(27,6)47(21,7)17-29(48)66-39-36(58)33(55)30(52)23(18-49)62-39/h8,22-41,49-59H,9-20H2,1-7H3,(H,60,61)/t22-,23+,24+,25+,26-,27+,28-,29+,30+,31+,32+,33-,34-,35-,36+,37+,38+,39-,40-,41-,45-,46+,47+,48+/m0/s1. The Bertz CT molecular complexity index is 1850. The zero-order valence-corrected chi connectivity index (χ0v) is 40.2. The number of ether oxygens (including phenoxy) is 5. The first-order valence-electron chi connectivity index (χ1n) is 24.6. The summed E-state index contributed by atoms with van der Waals surface area (Å²) >= 11 is 0. The molecule has 0 aromatic carbocycles. The maximum atomic E-state index is 13.9. The zero-order chi connectivity index (χ0) is 49.8. The summed E-state index contributed by atoms with van der Waals surface area (Å²) in [5.41, 5.74) is -2.31. The Hall–Kier alpha value is -1.51. The van der Waals surface area contributed by atoms with Crippen molar-refractivity contribution in [3.63, 3.8) is 0 Å². The highest BCUT2D eigenvalue weighted by atomic mass is 17.2. The van der Waals surface area contributed by atoms with Crippen LogP contribution in [0.15, 0.2) is 11.6 Å². The topological polar surface area (TPSA) is 324 Å². The quantitative estimate of drug-likeness (QED) is 0.0543. The fourth-order valence-corrected chi connectivity index (χ4v) is 15.1. The SMILES string of the molecule is CC1(C)CC[C@]2(C(=O)O)[C@H](O[C@@H]3O[C@H](CO)[C@@H](O)[C@H](O)[C@H]3O)C[C@]3(C)C(=CC[C@@H]4[C@@]5(C)CC[C@H](O[C@@H]6O[C@H](CO)[C@@H](O)[C@H](O)[C@H]6OO[C@@H]6O[C@H](CO)[C@@H](O)[C@H](O)[C@H]6O)C(C)(C)[C@@H]5CC[C@]43C)[C@@H]2C1. The van der Waals surface area contributed by atoms with E-state index in [1.807, 2.05) is 0 Å². The second kappa shape index (κ2) is 18.8. The van der Waals surface area contributed by atoms with Crippen molar-refractivity contribution in [2.24, 2.45) is 50.2 Å². The first kappa shape index (κ1) is 52.8. The third-order valence-corrected chi connectivity index (χ3v) is 19.4. The molecular weight excluding hydrogens is 897 g/mol. The normalized spacial score (nSPS) is 53.2. The van der Waals surface area contributed by atoms with Crippen LogP contribution in [-0.2, 0) is 38.3 Å². The number of hydrogen-bond donors (Lipinski definition) is 12. The molecule has 8 aliphatic rings. The summed E-state index contributed by atoms with van der Waals surface area (Å²) in [6, 6.07) is 0. The zero-order valence-electron chi connectivity index (χ0n) is 40.2. The molecule has 20 nitrogen and oxygen atoms in total. The second-order valence-electron chi connectivity index (χ2n) is 23.6. The average Bonchev–Trinajstić information content (AvgIpc) is 3.28. The fraction of sp³-hybridized carbons (Fsp3) is 0.938. The largest absolute Gasteiger partial charge is 0.481 e. The summed E-state index contributed by atoms with van der Waals surface area (Å²) in [6.45, 7) is 13.4. The first-order chi connectivity index (χ1) is 31.8. The summed E-state index contributed by atoms with van der Waals surface area (Å²) in [5, 5.41) is 127. The summed E-state index contributed by atoms with van der Waals surface area (Å²) < 4.78 is 30.8. The predicted octanol–water partition coefficient (Wildman–Crippen LogP) is -0.391. The van der Waals surface area contributed by atoms with Crippen molar-refractivity contribution in [3.05, 3.63) is 11.6 Å². The number of allylic oxidation sites excluding steroid dienone is 2. The van der Waals surface area contributed by atoms with Gasteiger partial charge in [-0.3, -0.25) is 4.79 Å². The molecule has 68 heavy (non-hydrogen) atoms. The smallest absolute Gasteiger partial charge is 0.312 e. The Labute approximate surface area is 397 Å². The molecule has 0 radical (unpaired) electrons. The van der Waals surface area contributed by atoms with E-state index >= 15 is 0 Å². The highest BCUT2D eigenvalue weighted by Gasteiger charge is 2.72. The highest BCUT2D eigenvalue weighted by molar-refractivity contribution is 5.77. The van der Waals surface area contributed by atoms with Crippen molar-refractivity contribution in [1.82, 2.24) is 0 Å². The van der Waals surface area contributed by atoms with Gasteiger partial charge in [0.2, 0.25) is 6.29 Å². The van der Waals surface area contributed by atoms with E-state index in [0.717, 1.165) is 18.4 Å². The van der Waals surface area contributed by atoms with Crippen LogP contribution < -0.4 is 0 Å². The molecule has 0 aromatic heterocycles. The van der Waals surface area contributed by atoms with E-state index in [1.54, 1.807) is 0 Å². The molecule has 0 amide bonds. The van der Waals surface area contributed by atoms with Crippen LogP contribution >= 0.6 is 0 Å². The van der Waals surface area contributed by atoms with Crippen LogP contribution in [0.5, 0.6) is 0 Å². The average molecular weight is 975 g/mol. The van der Waals surface area contributed by atoms with Crippen LogP contribution in [0.25, 0.3) is 0 Å². The van der Waals surface area contributed by atoms with Gasteiger partial charge in [-0.2, -0.15) is 0 Å². The van der Waals surface area contributed by atoms with Crippen LogP contribution in [0.2, 0.25) is 0 Å². The Kier molecular flexibility index (Phi) is 14.6. The molecule has 12 N–H and O–H groups in total. The lowest BCUT2D eigenvalue weighted by molar-refractivity contribution is -0.474. The monoisotopic (exact) mass is 975 g/mol. The van der Waals surface area contributed by atoms with Crippen molar-refractivity contribution in [2.75, 3.05) is 19.8 Å². The molecule has 3 saturated heterocycles. The van der Waals surface area contributed by atoms with E-state index < -0.39 is 158 Å². The minimum Gasteiger partial charge on any atom is -0.481 e. The van der Waals surface area contributed by atoms with Gasteiger partial charge in [-0.05, 0) is 103 Å². The van der Waals surface area contributed by atoms with Gasteiger partial charge in [0, 0.05) is 0 Å². The van der Waals surface area contributed by atoms with Crippen LogP contribution in [0.1, 0.15) is 106 Å². The molecule has 0 bridgehead atoms. The van der Waals surface area contributed by atoms with E-state index in [1.165, 1.54) is 0 Å². The Morgan fingerprint density at radius 1 is 0.603 bits per heavy atom. The number of aliphatic carboxylic acids is 1. The van der Waals surface area contributed by atoms with Crippen molar-refractivity contribution < 1.29 is 99.5 Å². The van der Waals surface area contributed by atoms with Crippen molar-refractivity contribution in [1.29, 1.82) is 0 Å². The third kappa shape index (κ3) is 8.16. The molecule has 0 aromatic rings. The van der Waals surface area contributed by atoms with E-state index in [-0.39, 0.29) is 29.1 Å². The summed E-state index contributed by atoms with van der Waals surface area (Å²) in [7, 11) is 0. The lowest BCUT2D eigenvalue weighted by Crippen LogP contribution is -2.69. The van der Waals surface area contributed by atoms with E-state index in [4.69, 9.17) is 33.5 Å². The number of carbonyl (C=O) groups is 1. The number of aliphatic hydroxyl groups is 11. The van der Waals surface area contributed by atoms with E-state index in [0.29, 0.717) is 38.5 Å². The van der Waals surface area contributed by atoms with Gasteiger partial charge >= 0.3 is 5.97 Å². The van der Waals surface area contributed by atoms with E-state index in [9.17, 15) is 66.1 Å². The summed E-state index contributed by atoms with van der Waals surface area (Å²) in [5.74, 6) is -1.28. The van der Waals surface area contributed by atoms with Gasteiger partial charge in [-0.1, -0.05) is 60.1 Å². The van der Waals surface area contributed by atoms with Gasteiger partial charge in [0.1, 0.15) is 72.6 Å². The minimum atomic E-state index is -1.83. The highest BCUT2D eigenvalue weighted by Crippen LogP contribution is 2.76. The van der Waals surface area contributed by atoms with Gasteiger partial charge in [-0.25, -0.2) is 9.78 Å². The molecule has 7 fully saturated rings. The van der Waals surface area contributed by atoms with Gasteiger partial charge < -0.3 is 85.0 Å². The molecule has 0 spiro atoms. The van der Waals surface area contributed by atoms with Gasteiger partial charge in [0.15, 0.2) is 18.7 Å². The molecule has 8 rings (SSSR count). The number of carboxylic acid groups (broad SMARTS) is 1. The molecule has 0 unspecified atom stereocenters. The van der Waals surface area contributed by atoms with E-state index in [2.05, 4.69) is 54.5 Å². The van der Waals surface area contributed by atoms with Crippen LogP contribution in [0.3, 0.4) is 0 Å². The van der Waals surface area contributed by atoms with Crippen LogP contribution in [0.4, 0.5) is 0 Å². The van der Waals surface area contributed by atoms with Crippen molar-refractivity contribution >= 4 is 5.97 Å².